The lowest BCUT2D eigenvalue weighted by molar-refractivity contribution is -0.153. The lowest BCUT2D eigenvalue weighted by Crippen LogP contribution is -2.31. The minimum atomic E-state index is -1.02. The van der Waals surface area contributed by atoms with E-state index >= 15 is 0 Å². The number of para-hydroxylation sites is 3. The Kier molecular flexibility index (Phi) is 6.33. The molecule has 0 unspecified atom stereocenters. The summed E-state index contributed by atoms with van der Waals surface area (Å²) in [7, 11) is 0. The lowest BCUT2D eigenvalue weighted by atomic mass is 10.0. The molecule has 6 nitrogen and oxygen atoms in total. The standard InChI is InChI=1S/C30H24N2O4/c1-20(30(35)31-25-16-8-5-13-22(25)21-11-3-2-4-12-21)36-28(33)19-32-26-17-9-6-14-23(26)29(34)24-15-7-10-18-27(24)32/h2-18,20H,19H2,1H3,(H,31,35)/t20-/m1/s1. The van der Waals surface area contributed by atoms with Gasteiger partial charge in [-0.3, -0.25) is 14.4 Å². The van der Waals surface area contributed by atoms with Gasteiger partial charge in [0.15, 0.2) is 11.5 Å². The molecule has 1 atom stereocenters. The number of pyridine rings is 1. The number of hydrogen-bond donors (Lipinski definition) is 1. The van der Waals surface area contributed by atoms with E-state index in [0.29, 0.717) is 27.5 Å². The van der Waals surface area contributed by atoms with Crippen molar-refractivity contribution < 1.29 is 14.3 Å². The number of rotatable bonds is 6. The Morgan fingerprint density at radius 3 is 2.00 bits per heavy atom. The Morgan fingerprint density at radius 1 is 0.778 bits per heavy atom. The molecule has 4 aromatic carbocycles. The first kappa shape index (κ1) is 23.1. The third-order valence-corrected chi connectivity index (χ3v) is 6.11. The summed E-state index contributed by atoms with van der Waals surface area (Å²) < 4.78 is 7.27. The molecular formula is C30H24N2O4. The minimum Gasteiger partial charge on any atom is -0.451 e. The number of anilines is 1. The maximum atomic E-state index is 12.9. The van der Waals surface area contributed by atoms with Crippen LogP contribution in [0.25, 0.3) is 32.9 Å². The first-order chi connectivity index (χ1) is 17.5. The molecule has 0 bridgehead atoms. The highest BCUT2D eigenvalue weighted by Gasteiger charge is 2.21. The molecule has 1 aromatic heterocycles. The maximum Gasteiger partial charge on any atom is 0.326 e. The number of nitrogens with one attached hydrogen (secondary N) is 1. The van der Waals surface area contributed by atoms with E-state index in [2.05, 4.69) is 5.32 Å². The van der Waals surface area contributed by atoms with E-state index in [4.69, 9.17) is 4.74 Å². The van der Waals surface area contributed by atoms with Crippen molar-refractivity contribution in [3.63, 3.8) is 0 Å². The van der Waals surface area contributed by atoms with Crippen LogP contribution in [0.1, 0.15) is 6.92 Å². The summed E-state index contributed by atoms with van der Waals surface area (Å²) in [6, 6.07) is 31.5. The Hall–Kier alpha value is -4.71. The van der Waals surface area contributed by atoms with E-state index in [0.717, 1.165) is 11.1 Å². The molecule has 0 aliphatic carbocycles. The van der Waals surface area contributed by atoms with E-state index in [-0.39, 0.29) is 12.0 Å². The van der Waals surface area contributed by atoms with Gasteiger partial charge in [0.25, 0.3) is 5.91 Å². The zero-order valence-electron chi connectivity index (χ0n) is 19.7. The molecular weight excluding hydrogens is 452 g/mol. The van der Waals surface area contributed by atoms with E-state index in [1.807, 2.05) is 66.7 Å². The number of fused-ring (bicyclic) bond motifs is 2. The molecule has 0 aliphatic heterocycles. The van der Waals surface area contributed by atoms with Crippen LogP contribution < -0.4 is 10.7 Å². The average molecular weight is 477 g/mol. The van der Waals surface area contributed by atoms with Crippen LogP contribution in [-0.2, 0) is 20.9 Å². The number of esters is 1. The second-order valence-electron chi connectivity index (χ2n) is 8.48. The maximum absolute atomic E-state index is 12.9. The number of aromatic nitrogens is 1. The van der Waals surface area contributed by atoms with E-state index in [1.54, 1.807) is 47.9 Å². The summed E-state index contributed by atoms with van der Waals surface area (Å²) in [5.74, 6) is -1.01. The topological polar surface area (TPSA) is 77.4 Å². The number of hydrogen-bond acceptors (Lipinski definition) is 4. The average Bonchev–Trinajstić information content (AvgIpc) is 2.92. The normalized spacial score (nSPS) is 11.8. The summed E-state index contributed by atoms with van der Waals surface area (Å²) in [4.78, 5) is 38.8. The summed E-state index contributed by atoms with van der Waals surface area (Å²) in [5, 5.41) is 3.92. The molecule has 1 N–H and O–H groups in total. The molecule has 0 saturated heterocycles. The van der Waals surface area contributed by atoms with Crippen LogP contribution >= 0.6 is 0 Å². The molecule has 5 aromatic rings. The Bertz CT molecular complexity index is 1580. The van der Waals surface area contributed by atoms with Crippen LogP contribution in [0, 0.1) is 0 Å². The van der Waals surface area contributed by atoms with Crippen LogP contribution in [0.4, 0.5) is 5.69 Å². The second-order valence-corrected chi connectivity index (χ2v) is 8.48. The zero-order valence-corrected chi connectivity index (χ0v) is 19.7. The number of ether oxygens (including phenoxy) is 1. The van der Waals surface area contributed by atoms with Crippen molar-refractivity contribution >= 4 is 39.4 Å². The molecule has 6 heteroatoms. The molecule has 36 heavy (non-hydrogen) atoms. The smallest absolute Gasteiger partial charge is 0.326 e. The third-order valence-electron chi connectivity index (χ3n) is 6.11. The van der Waals surface area contributed by atoms with Gasteiger partial charge in [0.2, 0.25) is 0 Å². The predicted octanol–water partition coefficient (Wildman–Crippen LogP) is 5.39. The molecule has 178 valence electrons. The molecule has 0 fully saturated rings. The van der Waals surface area contributed by atoms with Gasteiger partial charge >= 0.3 is 5.97 Å². The number of carbonyl (C=O) groups excluding carboxylic acids is 2. The van der Waals surface area contributed by atoms with Crippen molar-refractivity contribution in [2.75, 3.05) is 5.32 Å². The van der Waals surface area contributed by atoms with Crippen molar-refractivity contribution in [3.05, 3.63) is 113 Å². The summed E-state index contributed by atoms with van der Waals surface area (Å²) >= 11 is 0. The SMILES string of the molecule is C[C@@H](OC(=O)Cn1c2ccccc2c(=O)c2ccccc21)C(=O)Nc1ccccc1-c1ccccc1. The highest BCUT2D eigenvalue weighted by atomic mass is 16.5. The number of amides is 1. The molecule has 0 aliphatic rings. The first-order valence-corrected chi connectivity index (χ1v) is 11.7. The second kappa shape index (κ2) is 9.88. The van der Waals surface area contributed by atoms with Gasteiger partial charge in [0, 0.05) is 22.0 Å². The largest absolute Gasteiger partial charge is 0.451 e. The first-order valence-electron chi connectivity index (χ1n) is 11.7. The van der Waals surface area contributed by atoms with Gasteiger partial charge in [0.05, 0.1) is 11.0 Å². The highest BCUT2D eigenvalue weighted by molar-refractivity contribution is 5.99. The van der Waals surface area contributed by atoms with Crippen molar-refractivity contribution in [2.45, 2.75) is 19.6 Å². The molecule has 0 spiro atoms. The summed E-state index contributed by atoms with van der Waals surface area (Å²) in [6.07, 6.45) is -1.02. The van der Waals surface area contributed by atoms with Crippen LogP contribution in [0.15, 0.2) is 108 Å². The van der Waals surface area contributed by atoms with Gasteiger partial charge in [-0.1, -0.05) is 72.8 Å². The van der Waals surface area contributed by atoms with E-state index < -0.39 is 18.0 Å². The Balaban J connectivity index is 1.36. The molecule has 5 rings (SSSR count). The number of carbonyl (C=O) groups is 2. The van der Waals surface area contributed by atoms with Gasteiger partial charge in [-0.15, -0.1) is 0 Å². The fraction of sp³-hybridized carbons (Fsp3) is 0.100. The van der Waals surface area contributed by atoms with Gasteiger partial charge in [-0.2, -0.15) is 0 Å². The van der Waals surface area contributed by atoms with E-state index in [1.165, 1.54) is 0 Å². The van der Waals surface area contributed by atoms with Crippen LogP contribution in [0.2, 0.25) is 0 Å². The van der Waals surface area contributed by atoms with E-state index in [9.17, 15) is 14.4 Å². The van der Waals surface area contributed by atoms with Crippen molar-refractivity contribution in [1.82, 2.24) is 4.57 Å². The van der Waals surface area contributed by atoms with Crippen LogP contribution in [-0.4, -0.2) is 22.5 Å². The van der Waals surface area contributed by atoms with Gasteiger partial charge in [-0.25, -0.2) is 0 Å². The van der Waals surface area contributed by atoms with Gasteiger partial charge < -0.3 is 14.6 Å². The minimum absolute atomic E-state index is 0.0874. The third kappa shape index (κ3) is 4.49. The number of nitrogens with zero attached hydrogens (tertiary/aromatic N) is 1. The van der Waals surface area contributed by atoms with Crippen molar-refractivity contribution in [3.8, 4) is 11.1 Å². The van der Waals surface area contributed by atoms with Gasteiger partial charge in [0.1, 0.15) is 6.54 Å². The predicted molar refractivity (Wildman–Crippen MR) is 142 cm³/mol. The fourth-order valence-corrected chi connectivity index (χ4v) is 4.36. The van der Waals surface area contributed by atoms with Crippen molar-refractivity contribution in [2.24, 2.45) is 0 Å². The Labute approximate surface area is 207 Å². The van der Waals surface area contributed by atoms with Crippen molar-refractivity contribution in [1.29, 1.82) is 0 Å². The molecule has 1 heterocycles. The molecule has 1 amide bonds. The van der Waals surface area contributed by atoms with Gasteiger partial charge in [-0.05, 0) is 42.8 Å². The highest BCUT2D eigenvalue weighted by Crippen LogP contribution is 2.27. The Morgan fingerprint density at radius 2 is 1.33 bits per heavy atom. The molecule has 0 radical (unpaired) electrons. The van der Waals surface area contributed by atoms with Crippen LogP contribution in [0.3, 0.4) is 0 Å². The molecule has 0 saturated carbocycles. The summed E-state index contributed by atoms with van der Waals surface area (Å²) in [6.45, 7) is 1.40. The number of benzene rings is 4. The lowest BCUT2D eigenvalue weighted by Gasteiger charge is -2.18. The fourth-order valence-electron chi connectivity index (χ4n) is 4.36. The van der Waals surface area contributed by atoms with Crippen LogP contribution in [0.5, 0.6) is 0 Å². The monoisotopic (exact) mass is 476 g/mol. The zero-order chi connectivity index (χ0) is 25.1. The summed E-state index contributed by atoms with van der Waals surface area (Å²) in [5.41, 5.74) is 3.65. The quantitative estimate of drug-likeness (QED) is 0.263.